The van der Waals surface area contributed by atoms with Crippen LogP contribution in [0.5, 0.6) is 0 Å². The quantitative estimate of drug-likeness (QED) is 0.603. The first-order valence-electron chi connectivity index (χ1n) is 4.69. The van der Waals surface area contributed by atoms with Crippen LogP contribution in [0.15, 0.2) is 18.2 Å². The largest absolute Gasteiger partial charge is 0.416 e. The summed E-state index contributed by atoms with van der Waals surface area (Å²) in [6, 6.07) is 3.68. The van der Waals surface area contributed by atoms with Gasteiger partial charge in [-0.15, -0.1) is 0 Å². The summed E-state index contributed by atoms with van der Waals surface area (Å²) in [6.45, 7) is 1.62. The van der Waals surface area contributed by atoms with Gasteiger partial charge in [-0.1, -0.05) is 35.0 Å². The van der Waals surface area contributed by atoms with Crippen molar-refractivity contribution < 1.29 is 18.0 Å². The van der Waals surface area contributed by atoms with Gasteiger partial charge < -0.3 is 0 Å². The van der Waals surface area contributed by atoms with Crippen LogP contribution in [0.4, 0.5) is 13.2 Å². The van der Waals surface area contributed by atoms with Crippen LogP contribution >= 0.6 is 15.9 Å². The van der Waals surface area contributed by atoms with Gasteiger partial charge in [0.1, 0.15) is 0 Å². The highest BCUT2D eigenvalue weighted by Gasteiger charge is 2.33. The van der Waals surface area contributed by atoms with E-state index in [0.717, 1.165) is 6.07 Å². The molecule has 0 unspecified atom stereocenters. The lowest BCUT2D eigenvalue weighted by molar-refractivity contribution is -0.138. The van der Waals surface area contributed by atoms with Crippen molar-refractivity contribution >= 4 is 21.7 Å². The summed E-state index contributed by atoms with van der Waals surface area (Å²) in [7, 11) is 0. The summed E-state index contributed by atoms with van der Waals surface area (Å²) in [5, 5.41) is 0.114. The minimum absolute atomic E-state index is 0.111. The number of alkyl halides is 4. The number of rotatable bonds is 3. The van der Waals surface area contributed by atoms with Crippen LogP contribution in [-0.2, 0) is 11.5 Å². The van der Waals surface area contributed by atoms with E-state index < -0.39 is 11.7 Å². The molecule has 1 rings (SSSR count). The van der Waals surface area contributed by atoms with Crippen LogP contribution in [0, 0.1) is 0 Å². The van der Waals surface area contributed by atoms with Crippen molar-refractivity contribution in [1.29, 1.82) is 0 Å². The van der Waals surface area contributed by atoms with Gasteiger partial charge in [-0.25, -0.2) is 0 Å². The first kappa shape index (κ1) is 13.2. The van der Waals surface area contributed by atoms with Crippen LogP contribution in [0.3, 0.4) is 0 Å². The molecule has 1 nitrogen and oxygen atoms in total. The average molecular weight is 295 g/mol. The van der Waals surface area contributed by atoms with Gasteiger partial charge >= 0.3 is 6.18 Å². The molecule has 5 heteroatoms. The van der Waals surface area contributed by atoms with Crippen LogP contribution in [0.1, 0.15) is 34.8 Å². The summed E-state index contributed by atoms with van der Waals surface area (Å²) >= 11 is 2.99. The Kier molecular flexibility index (Phi) is 4.13. The number of hydrogen-bond acceptors (Lipinski definition) is 1. The molecule has 0 heterocycles. The second kappa shape index (κ2) is 4.99. The zero-order chi connectivity index (χ0) is 12.3. The van der Waals surface area contributed by atoms with Gasteiger partial charge in [0.25, 0.3) is 0 Å². The Labute approximate surface area is 99.8 Å². The fourth-order valence-corrected chi connectivity index (χ4v) is 1.82. The summed E-state index contributed by atoms with van der Waals surface area (Å²) in [5.41, 5.74) is -0.497. The number of ketones is 1. The van der Waals surface area contributed by atoms with Gasteiger partial charge in [-0.2, -0.15) is 13.2 Å². The molecule has 0 saturated heterocycles. The van der Waals surface area contributed by atoms with E-state index >= 15 is 0 Å². The van der Waals surface area contributed by atoms with Gasteiger partial charge in [0.05, 0.1) is 5.56 Å². The molecule has 1 aromatic carbocycles. The predicted molar refractivity (Wildman–Crippen MR) is 58.7 cm³/mol. The van der Waals surface area contributed by atoms with E-state index in [9.17, 15) is 18.0 Å². The monoisotopic (exact) mass is 294 g/mol. The third-order valence-electron chi connectivity index (χ3n) is 2.20. The highest BCUT2D eigenvalue weighted by Crippen LogP contribution is 2.33. The molecule has 0 atom stereocenters. The molecule has 0 radical (unpaired) electrons. The van der Waals surface area contributed by atoms with Crippen molar-refractivity contribution in [2.45, 2.75) is 24.9 Å². The van der Waals surface area contributed by atoms with Crippen LogP contribution in [0.2, 0.25) is 0 Å². The Bertz CT molecular complexity index is 399. The Hall–Kier alpha value is -0.840. The van der Waals surface area contributed by atoms with E-state index in [0.29, 0.717) is 0 Å². The summed E-state index contributed by atoms with van der Waals surface area (Å²) in [5.74, 6) is -0.286. The topological polar surface area (TPSA) is 17.1 Å². The van der Waals surface area contributed by atoms with E-state index in [4.69, 9.17) is 0 Å². The smallest absolute Gasteiger partial charge is 0.294 e. The molecule has 0 aliphatic rings. The number of halogens is 4. The van der Waals surface area contributed by atoms with E-state index in [1.165, 1.54) is 12.1 Å². The van der Waals surface area contributed by atoms with E-state index in [1.54, 1.807) is 6.92 Å². The maximum absolute atomic E-state index is 12.7. The zero-order valence-electron chi connectivity index (χ0n) is 8.57. The molecule has 0 amide bonds. The highest BCUT2D eigenvalue weighted by molar-refractivity contribution is 9.08. The lowest BCUT2D eigenvalue weighted by atomic mass is 10.0. The van der Waals surface area contributed by atoms with Crippen LogP contribution in [-0.4, -0.2) is 5.78 Å². The number of hydrogen-bond donors (Lipinski definition) is 0. The van der Waals surface area contributed by atoms with Gasteiger partial charge in [0, 0.05) is 17.3 Å². The summed E-state index contributed by atoms with van der Waals surface area (Å²) < 4.78 is 38.0. The molecule has 88 valence electrons. The third kappa shape index (κ3) is 2.84. The standard InChI is InChI=1S/C11H10BrF3O/c1-2-10(16)7-3-4-8(6-12)9(5-7)11(13,14)15/h3-5H,2,6H2,1H3. The average Bonchev–Trinajstić information content (AvgIpc) is 2.26. The van der Waals surface area contributed by atoms with Gasteiger partial charge in [-0.05, 0) is 11.6 Å². The van der Waals surface area contributed by atoms with E-state index in [-0.39, 0.29) is 28.7 Å². The lowest BCUT2D eigenvalue weighted by Crippen LogP contribution is -2.10. The van der Waals surface area contributed by atoms with Gasteiger partial charge in [0.2, 0.25) is 0 Å². The molecule has 0 aromatic heterocycles. The maximum atomic E-state index is 12.7. The van der Waals surface area contributed by atoms with Crippen molar-refractivity contribution in [3.05, 3.63) is 34.9 Å². The third-order valence-corrected chi connectivity index (χ3v) is 2.81. The van der Waals surface area contributed by atoms with E-state index in [1.807, 2.05) is 0 Å². The Morgan fingerprint density at radius 2 is 2.00 bits per heavy atom. The molecule has 0 bridgehead atoms. The molecule has 0 aliphatic carbocycles. The van der Waals surface area contributed by atoms with Crippen molar-refractivity contribution in [3.8, 4) is 0 Å². The Balaban J connectivity index is 3.27. The molecule has 0 N–H and O–H groups in total. The molecule has 1 aromatic rings. The second-order valence-electron chi connectivity index (χ2n) is 3.28. The van der Waals surface area contributed by atoms with Gasteiger partial charge in [0.15, 0.2) is 5.78 Å². The molecular weight excluding hydrogens is 285 g/mol. The number of carbonyl (C=O) groups excluding carboxylic acids is 1. The molecule has 16 heavy (non-hydrogen) atoms. The van der Waals surface area contributed by atoms with Crippen LogP contribution in [0.25, 0.3) is 0 Å². The van der Waals surface area contributed by atoms with Crippen molar-refractivity contribution in [1.82, 2.24) is 0 Å². The Morgan fingerprint density at radius 1 is 1.38 bits per heavy atom. The van der Waals surface area contributed by atoms with Crippen molar-refractivity contribution in [2.24, 2.45) is 0 Å². The lowest BCUT2D eigenvalue weighted by Gasteiger charge is -2.12. The molecule has 0 aliphatic heterocycles. The first-order valence-corrected chi connectivity index (χ1v) is 5.81. The zero-order valence-corrected chi connectivity index (χ0v) is 10.2. The molecular formula is C11H10BrF3O. The first-order chi connectivity index (χ1) is 7.40. The fourth-order valence-electron chi connectivity index (χ4n) is 1.33. The minimum atomic E-state index is -4.42. The van der Waals surface area contributed by atoms with Crippen molar-refractivity contribution in [3.63, 3.8) is 0 Å². The fraction of sp³-hybridized carbons (Fsp3) is 0.364. The summed E-state index contributed by atoms with van der Waals surface area (Å²) in [6.07, 6.45) is -4.22. The second-order valence-corrected chi connectivity index (χ2v) is 3.84. The maximum Gasteiger partial charge on any atom is 0.416 e. The minimum Gasteiger partial charge on any atom is -0.294 e. The van der Waals surface area contributed by atoms with E-state index in [2.05, 4.69) is 15.9 Å². The summed E-state index contributed by atoms with van der Waals surface area (Å²) in [4.78, 5) is 11.3. The predicted octanol–water partition coefficient (Wildman–Crippen LogP) is 4.19. The highest BCUT2D eigenvalue weighted by atomic mass is 79.9. The normalized spacial score (nSPS) is 11.6. The molecule has 0 saturated carbocycles. The van der Waals surface area contributed by atoms with Gasteiger partial charge in [-0.3, -0.25) is 4.79 Å². The Morgan fingerprint density at radius 3 is 2.44 bits per heavy atom. The molecule has 0 spiro atoms. The number of Topliss-reactive ketones (excluding diaryl/α,β-unsaturated/α-hetero) is 1. The number of carbonyl (C=O) groups is 1. The van der Waals surface area contributed by atoms with Crippen molar-refractivity contribution in [2.75, 3.05) is 0 Å². The SMILES string of the molecule is CCC(=O)c1ccc(CBr)c(C(F)(F)F)c1. The van der Waals surface area contributed by atoms with Crippen LogP contribution < -0.4 is 0 Å². The molecule has 0 fully saturated rings. The number of benzene rings is 1.